The summed E-state index contributed by atoms with van der Waals surface area (Å²) in [5.74, 6) is 6.79. The summed E-state index contributed by atoms with van der Waals surface area (Å²) in [7, 11) is -2.88. The van der Waals surface area contributed by atoms with Crippen molar-refractivity contribution in [3.8, 4) is 22.9 Å². The fourth-order valence-electron chi connectivity index (χ4n) is 3.36. The van der Waals surface area contributed by atoms with Gasteiger partial charge in [0.25, 0.3) is 0 Å². The van der Waals surface area contributed by atoms with Gasteiger partial charge < -0.3 is 4.57 Å². The molecule has 3 rings (SSSR count). The van der Waals surface area contributed by atoms with E-state index in [4.69, 9.17) is 5.53 Å². The van der Waals surface area contributed by atoms with Crippen LogP contribution in [0.5, 0.6) is 0 Å². The standard InChI is InChI=1S/C25H30N4Si2/c1-30(2,3)16-12-20-8-10-24-22(18-20)23-19-21(13-17-31(4,5)6)9-11-25(23)29(24)15-7-14-27-28-26/h8-11,18-19H,7,14-15H2,1-6H3. The highest BCUT2D eigenvalue weighted by Crippen LogP contribution is 2.31. The Bertz CT molecular complexity index is 1200. The van der Waals surface area contributed by atoms with Crippen LogP contribution < -0.4 is 0 Å². The molecule has 4 nitrogen and oxygen atoms in total. The van der Waals surface area contributed by atoms with Crippen molar-refractivity contribution in [1.29, 1.82) is 0 Å². The normalized spacial score (nSPS) is 11.4. The molecule has 31 heavy (non-hydrogen) atoms. The third-order valence-electron chi connectivity index (χ3n) is 4.73. The van der Waals surface area contributed by atoms with Crippen LogP contribution in [0.25, 0.3) is 32.2 Å². The molecule has 0 fully saturated rings. The van der Waals surface area contributed by atoms with Gasteiger partial charge in [-0.05, 0) is 48.4 Å². The Morgan fingerprint density at radius 1 is 0.839 bits per heavy atom. The number of hydrogen-bond donors (Lipinski definition) is 0. The Morgan fingerprint density at radius 2 is 1.32 bits per heavy atom. The molecule has 0 unspecified atom stereocenters. The third kappa shape index (κ3) is 6.06. The highest BCUT2D eigenvalue weighted by molar-refractivity contribution is 6.84. The minimum atomic E-state index is -1.44. The average Bonchev–Trinajstić information content (AvgIpc) is 2.99. The molecule has 0 bridgehead atoms. The van der Waals surface area contributed by atoms with Crippen LogP contribution in [-0.4, -0.2) is 27.3 Å². The molecular formula is C25H30N4Si2. The Hall–Kier alpha value is -2.90. The van der Waals surface area contributed by atoms with E-state index in [1.54, 1.807) is 0 Å². The van der Waals surface area contributed by atoms with Crippen LogP contribution in [0.2, 0.25) is 39.3 Å². The van der Waals surface area contributed by atoms with Crippen LogP contribution in [0.1, 0.15) is 17.5 Å². The molecule has 0 saturated carbocycles. The molecule has 6 heteroatoms. The first-order valence-corrected chi connectivity index (χ1v) is 17.7. The summed E-state index contributed by atoms with van der Waals surface area (Å²) in [4.78, 5) is 2.87. The Kier molecular flexibility index (Phi) is 6.67. The molecule has 0 aliphatic rings. The SMILES string of the molecule is C[Si](C)(C)C#Cc1ccc2c(c1)c1cc(C#C[Si](C)(C)C)ccc1n2CCCN=[N+]=[N-]. The number of azide groups is 1. The summed E-state index contributed by atoms with van der Waals surface area (Å²) in [6, 6.07) is 13.0. The highest BCUT2D eigenvalue weighted by atomic mass is 28.3. The lowest BCUT2D eigenvalue weighted by atomic mass is 10.1. The van der Waals surface area contributed by atoms with E-state index in [1.165, 1.54) is 21.8 Å². The van der Waals surface area contributed by atoms with Gasteiger partial charge in [-0.25, -0.2) is 0 Å². The van der Waals surface area contributed by atoms with Crippen molar-refractivity contribution >= 4 is 38.0 Å². The van der Waals surface area contributed by atoms with E-state index in [-0.39, 0.29) is 0 Å². The average molecular weight is 443 g/mol. The van der Waals surface area contributed by atoms with Gasteiger partial charge in [-0.3, -0.25) is 0 Å². The maximum Gasteiger partial charge on any atom is 0.129 e. The predicted octanol–water partition coefficient (Wildman–Crippen LogP) is 6.95. The lowest BCUT2D eigenvalue weighted by Gasteiger charge is -2.07. The number of aryl methyl sites for hydroxylation is 1. The summed E-state index contributed by atoms with van der Waals surface area (Å²) in [5.41, 5.74) is 20.0. The fraction of sp³-hybridized carbons (Fsp3) is 0.360. The van der Waals surface area contributed by atoms with Gasteiger partial charge in [0, 0.05) is 50.9 Å². The van der Waals surface area contributed by atoms with Gasteiger partial charge in [0.15, 0.2) is 0 Å². The van der Waals surface area contributed by atoms with E-state index in [0.29, 0.717) is 6.54 Å². The number of aromatic nitrogens is 1. The summed E-state index contributed by atoms with van der Waals surface area (Å²) in [6.45, 7) is 14.9. The van der Waals surface area contributed by atoms with Gasteiger partial charge >= 0.3 is 0 Å². The van der Waals surface area contributed by atoms with E-state index < -0.39 is 16.1 Å². The zero-order valence-corrected chi connectivity index (χ0v) is 21.4. The molecular weight excluding hydrogens is 412 g/mol. The highest BCUT2D eigenvalue weighted by Gasteiger charge is 2.13. The molecule has 1 heterocycles. The zero-order valence-electron chi connectivity index (χ0n) is 19.4. The third-order valence-corrected chi connectivity index (χ3v) is 6.48. The second-order valence-electron chi connectivity index (χ2n) is 9.92. The zero-order chi connectivity index (χ0) is 22.6. The van der Waals surface area contributed by atoms with Crippen molar-refractivity contribution < 1.29 is 0 Å². The number of nitrogens with zero attached hydrogens (tertiary/aromatic N) is 4. The summed E-state index contributed by atoms with van der Waals surface area (Å²) in [5, 5.41) is 6.11. The first-order valence-electron chi connectivity index (χ1n) is 10.7. The second-order valence-corrected chi connectivity index (χ2v) is 19.4. The van der Waals surface area contributed by atoms with E-state index in [1.807, 2.05) is 0 Å². The molecule has 0 aliphatic heterocycles. The van der Waals surface area contributed by atoms with Crippen LogP contribution >= 0.6 is 0 Å². The molecule has 0 atom stereocenters. The molecule has 0 radical (unpaired) electrons. The van der Waals surface area contributed by atoms with Crippen LogP contribution in [0.4, 0.5) is 0 Å². The topological polar surface area (TPSA) is 53.7 Å². The minimum absolute atomic E-state index is 0.497. The largest absolute Gasteiger partial charge is 0.340 e. The first kappa shape index (κ1) is 22.8. The molecule has 1 aromatic heterocycles. The summed E-state index contributed by atoms with van der Waals surface area (Å²) in [6.07, 6.45) is 0.803. The van der Waals surface area contributed by atoms with Gasteiger partial charge in [-0.1, -0.05) is 56.2 Å². The van der Waals surface area contributed by atoms with Gasteiger partial charge in [0.1, 0.15) is 16.1 Å². The lowest BCUT2D eigenvalue weighted by molar-refractivity contribution is 0.685. The van der Waals surface area contributed by atoms with Crippen molar-refractivity contribution in [2.45, 2.75) is 52.2 Å². The van der Waals surface area contributed by atoms with Crippen molar-refractivity contribution in [1.82, 2.24) is 4.57 Å². The van der Waals surface area contributed by atoms with Crippen molar-refractivity contribution in [3.63, 3.8) is 0 Å². The molecule has 0 amide bonds. The lowest BCUT2D eigenvalue weighted by Crippen LogP contribution is -2.16. The van der Waals surface area contributed by atoms with Crippen molar-refractivity contribution in [2.75, 3.05) is 6.54 Å². The Balaban J connectivity index is 2.17. The minimum Gasteiger partial charge on any atom is -0.340 e. The fourth-order valence-corrected chi connectivity index (χ4v) is 4.40. The van der Waals surface area contributed by atoms with Crippen LogP contribution in [0.3, 0.4) is 0 Å². The van der Waals surface area contributed by atoms with Gasteiger partial charge in [0.2, 0.25) is 0 Å². The maximum absolute atomic E-state index is 8.57. The molecule has 0 aliphatic carbocycles. The van der Waals surface area contributed by atoms with E-state index >= 15 is 0 Å². The monoisotopic (exact) mass is 442 g/mol. The van der Waals surface area contributed by atoms with Crippen LogP contribution in [0.15, 0.2) is 41.5 Å². The molecule has 3 aromatic rings. The van der Waals surface area contributed by atoms with Gasteiger partial charge in [-0.2, -0.15) is 0 Å². The quantitative estimate of drug-likeness (QED) is 0.105. The first-order chi connectivity index (χ1) is 14.6. The molecule has 0 saturated heterocycles. The smallest absolute Gasteiger partial charge is 0.129 e. The second kappa shape index (κ2) is 9.08. The van der Waals surface area contributed by atoms with Crippen molar-refractivity contribution in [2.24, 2.45) is 5.11 Å². The van der Waals surface area contributed by atoms with Crippen LogP contribution in [-0.2, 0) is 6.54 Å². The number of rotatable bonds is 4. The van der Waals surface area contributed by atoms with Crippen molar-refractivity contribution in [3.05, 3.63) is 58.0 Å². The Morgan fingerprint density at radius 3 is 1.74 bits per heavy atom. The molecule has 158 valence electrons. The number of benzene rings is 2. The van der Waals surface area contributed by atoms with E-state index in [0.717, 1.165) is 24.1 Å². The Labute approximate surface area is 187 Å². The molecule has 0 spiro atoms. The number of fused-ring (bicyclic) bond motifs is 3. The maximum atomic E-state index is 8.57. The predicted molar refractivity (Wildman–Crippen MR) is 139 cm³/mol. The molecule has 0 N–H and O–H groups in total. The summed E-state index contributed by atoms with van der Waals surface area (Å²) < 4.78 is 2.32. The van der Waals surface area contributed by atoms with Gasteiger partial charge in [-0.15, -0.1) is 11.1 Å². The van der Waals surface area contributed by atoms with E-state index in [9.17, 15) is 0 Å². The molecule has 2 aromatic carbocycles. The number of hydrogen-bond acceptors (Lipinski definition) is 1. The summed E-state index contributed by atoms with van der Waals surface area (Å²) >= 11 is 0. The van der Waals surface area contributed by atoms with Crippen LogP contribution in [0, 0.1) is 22.9 Å². The van der Waals surface area contributed by atoms with E-state index in [2.05, 4.69) is 113 Å². The van der Waals surface area contributed by atoms with Gasteiger partial charge in [0.05, 0.1) is 0 Å².